The molecule has 2 aromatic carbocycles. The lowest BCUT2D eigenvalue weighted by molar-refractivity contribution is -0.132. The van der Waals surface area contributed by atoms with Crippen LogP contribution < -0.4 is 9.64 Å². The average Bonchev–Trinajstić information content (AvgIpc) is 3.34. The van der Waals surface area contributed by atoms with E-state index in [4.69, 9.17) is 4.74 Å². The Hall–Kier alpha value is -3.26. The number of rotatable bonds is 6. The first-order valence-corrected chi connectivity index (χ1v) is 12.5. The highest BCUT2D eigenvalue weighted by Gasteiger charge is 2.31. The minimum Gasteiger partial charge on any atom is -0.497 e. The fraction of sp³-hybridized carbons (Fsp3) is 0.346. The van der Waals surface area contributed by atoms with Gasteiger partial charge in [0.2, 0.25) is 11.8 Å². The first-order valence-electron chi connectivity index (χ1n) is 11.6. The van der Waals surface area contributed by atoms with Crippen LogP contribution in [0.4, 0.5) is 5.69 Å². The third-order valence-electron chi connectivity index (χ3n) is 6.57. The van der Waals surface area contributed by atoms with E-state index in [0.717, 1.165) is 41.5 Å². The number of ether oxygens (including phenoxy) is 1. The van der Waals surface area contributed by atoms with Crippen LogP contribution in [0.15, 0.2) is 65.8 Å². The van der Waals surface area contributed by atoms with E-state index in [1.54, 1.807) is 12.0 Å². The predicted octanol–water partition coefficient (Wildman–Crippen LogP) is 3.78. The van der Waals surface area contributed by atoms with E-state index >= 15 is 0 Å². The number of imidazole rings is 1. The average molecular weight is 477 g/mol. The minimum atomic E-state index is -0.00695. The molecule has 0 unspecified atom stereocenters. The Morgan fingerprint density at radius 1 is 1.12 bits per heavy atom. The third kappa shape index (κ3) is 4.68. The summed E-state index contributed by atoms with van der Waals surface area (Å²) in [6, 6.07) is 15.9. The van der Waals surface area contributed by atoms with Gasteiger partial charge in [-0.2, -0.15) is 0 Å². The van der Waals surface area contributed by atoms with Crippen molar-refractivity contribution in [3.05, 3.63) is 72.3 Å². The summed E-state index contributed by atoms with van der Waals surface area (Å²) in [5.74, 6) is 2.61. The van der Waals surface area contributed by atoms with E-state index in [0.29, 0.717) is 24.8 Å². The number of likely N-dealkylation sites (tertiary alicyclic amines) is 1. The fourth-order valence-electron chi connectivity index (χ4n) is 4.69. The Kier molecular flexibility index (Phi) is 6.58. The molecule has 1 aromatic heterocycles. The van der Waals surface area contributed by atoms with Gasteiger partial charge in [0.05, 0.1) is 18.6 Å². The van der Waals surface area contributed by atoms with E-state index in [-0.39, 0.29) is 18.4 Å². The number of methoxy groups -OCH3 is 1. The lowest BCUT2D eigenvalue weighted by Gasteiger charge is -2.34. The second-order valence-corrected chi connectivity index (χ2v) is 9.67. The van der Waals surface area contributed by atoms with Gasteiger partial charge in [-0.25, -0.2) is 4.98 Å². The number of fused-ring (bicyclic) bond motifs is 1. The molecule has 8 heteroatoms. The second-order valence-electron chi connectivity index (χ2n) is 8.65. The summed E-state index contributed by atoms with van der Waals surface area (Å²) >= 11 is 1.53. The minimum absolute atomic E-state index is 0.00695. The summed E-state index contributed by atoms with van der Waals surface area (Å²) in [5, 5.41) is 0. The lowest BCUT2D eigenvalue weighted by atomic mass is 9.95. The van der Waals surface area contributed by atoms with Crippen molar-refractivity contribution in [2.75, 3.05) is 37.4 Å². The SMILES string of the molecule is COc1ccc(Cn2ccnc2C2CCN(C(=O)CN3C(=O)CSc4ccccc43)CC2)cc1. The van der Waals surface area contributed by atoms with Crippen molar-refractivity contribution in [2.24, 2.45) is 0 Å². The molecule has 0 bridgehead atoms. The largest absolute Gasteiger partial charge is 0.497 e. The number of benzene rings is 2. The van der Waals surface area contributed by atoms with E-state index in [2.05, 4.69) is 21.7 Å². The van der Waals surface area contributed by atoms with Crippen LogP contribution in [0.25, 0.3) is 0 Å². The summed E-state index contributed by atoms with van der Waals surface area (Å²) in [5.41, 5.74) is 2.03. The topological polar surface area (TPSA) is 67.7 Å². The zero-order chi connectivity index (χ0) is 23.5. The Morgan fingerprint density at radius 3 is 2.65 bits per heavy atom. The molecule has 0 N–H and O–H groups in total. The molecule has 34 heavy (non-hydrogen) atoms. The molecule has 176 valence electrons. The molecule has 2 amide bonds. The standard InChI is InChI=1S/C26H28N4O3S/c1-33-21-8-6-19(7-9-21)16-29-15-12-27-26(29)20-10-13-28(14-11-20)24(31)17-30-22-4-2-3-5-23(22)34-18-25(30)32/h2-9,12,15,20H,10-11,13-14,16-18H2,1H3. The highest BCUT2D eigenvalue weighted by atomic mass is 32.2. The van der Waals surface area contributed by atoms with Crippen molar-refractivity contribution in [3.8, 4) is 5.75 Å². The first-order chi connectivity index (χ1) is 16.6. The predicted molar refractivity (Wildman–Crippen MR) is 132 cm³/mol. The molecule has 1 fully saturated rings. The van der Waals surface area contributed by atoms with Crippen LogP contribution in [0.3, 0.4) is 0 Å². The number of carbonyl (C=O) groups is 2. The van der Waals surface area contributed by atoms with Gasteiger partial charge in [0.1, 0.15) is 18.1 Å². The van der Waals surface area contributed by atoms with Crippen molar-refractivity contribution in [1.82, 2.24) is 14.5 Å². The smallest absolute Gasteiger partial charge is 0.242 e. The Morgan fingerprint density at radius 2 is 1.88 bits per heavy atom. The van der Waals surface area contributed by atoms with Gasteiger partial charge in [0.25, 0.3) is 0 Å². The monoisotopic (exact) mass is 476 g/mol. The molecule has 3 aromatic rings. The maximum Gasteiger partial charge on any atom is 0.242 e. The quantitative estimate of drug-likeness (QED) is 0.542. The van der Waals surface area contributed by atoms with Gasteiger partial charge in [-0.05, 0) is 42.7 Å². The molecule has 0 aliphatic carbocycles. The lowest BCUT2D eigenvalue weighted by Crippen LogP contribution is -2.47. The number of carbonyl (C=O) groups excluding carboxylic acids is 2. The maximum atomic E-state index is 13.1. The summed E-state index contributed by atoms with van der Waals surface area (Å²) in [6.07, 6.45) is 5.61. The van der Waals surface area contributed by atoms with Crippen molar-refractivity contribution in [2.45, 2.75) is 30.2 Å². The Balaban J connectivity index is 1.20. The summed E-state index contributed by atoms with van der Waals surface area (Å²) in [7, 11) is 1.67. The highest BCUT2D eigenvalue weighted by Crippen LogP contribution is 2.35. The second kappa shape index (κ2) is 9.93. The zero-order valence-corrected chi connectivity index (χ0v) is 20.0. The van der Waals surface area contributed by atoms with Gasteiger partial charge < -0.3 is 19.1 Å². The number of piperidine rings is 1. The number of nitrogens with zero attached hydrogens (tertiary/aromatic N) is 4. The van der Waals surface area contributed by atoms with Crippen LogP contribution in [-0.2, 0) is 16.1 Å². The van der Waals surface area contributed by atoms with E-state index in [1.165, 1.54) is 17.3 Å². The number of hydrogen-bond acceptors (Lipinski definition) is 5. The van der Waals surface area contributed by atoms with Gasteiger partial charge in [0, 0.05) is 42.8 Å². The molecule has 0 saturated carbocycles. The molecule has 0 radical (unpaired) electrons. The van der Waals surface area contributed by atoms with Gasteiger partial charge in [-0.15, -0.1) is 11.8 Å². The van der Waals surface area contributed by atoms with Crippen molar-refractivity contribution >= 4 is 29.3 Å². The van der Waals surface area contributed by atoms with Crippen LogP contribution in [0.2, 0.25) is 0 Å². The molecule has 2 aliphatic rings. The van der Waals surface area contributed by atoms with Crippen LogP contribution in [0.5, 0.6) is 5.75 Å². The van der Waals surface area contributed by atoms with Crippen LogP contribution in [0.1, 0.15) is 30.1 Å². The Labute approximate surface area is 203 Å². The Bertz CT molecular complexity index is 1170. The normalized spacial score (nSPS) is 16.4. The number of para-hydroxylation sites is 1. The molecule has 1 saturated heterocycles. The van der Waals surface area contributed by atoms with Gasteiger partial charge in [-0.3, -0.25) is 9.59 Å². The molecule has 3 heterocycles. The van der Waals surface area contributed by atoms with Crippen LogP contribution in [0, 0.1) is 0 Å². The van der Waals surface area contributed by atoms with E-state index in [9.17, 15) is 9.59 Å². The molecule has 7 nitrogen and oxygen atoms in total. The molecule has 0 spiro atoms. The van der Waals surface area contributed by atoms with E-state index in [1.807, 2.05) is 53.7 Å². The van der Waals surface area contributed by atoms with E-state index < -0.39 is 0 Å². The molecule has 2 aliphatic heterocycles. The van der Waals surface area contributed by atoms with Crippen LogP contribution >= 0.6 is 11.8 Å². The molecular weight excluding hydrogens is 448 g/mol. The highest BCUT2D eigenvalue weighted by molar-refractivity contribution is 8.00. The zero-order valence-electron chi connectivity index (χ0n) is 19.2. The maximum absolute atomic E-state index is 13.1. The van der Waals surface area contributed by atoms with Gasteiger partial charge in [0.15, 0.2) is 0 Å². The summed E-state index contributed by atoms with van der Waals surface area (Å²) in [4.78, 5) is 34.8. The number of anilines is 1. The van der Waals surface area contributed by atoms with Crippen LogP contribution in [-0.4, -0.2) is 58.8 Å². The molecule has 0 atom stereocenters. The van der Waals surface area contributed by atoms with Gasteiger partial charge >= 0.3 is 0 Å². The number of thioether (sulfide) groups is 1. The molecule has 5 rings (SSSR count). The van der Waals surface area contributed by atoms with Crippen molar-refractivity contribution in [1.29, 1.82) is 0 Å². The third-order valence-corrected chi connectivity index (χ3v) is 7.62. The number of hydrogen-bond donors (Lipinski definition) is 0. The number of aromatic nitrogens is 2. The number of amides is 2. The fourth-order valence-corrected chi connectivity index (χ4v) is 5.63. The van der Waals surface area contributed by atoms with Crippen molar-refractivity contribution < 1.29 is 14.3 Å². The molecular formula is C26H28N4O3S. The summed E-state index contributed by atoms with van der Waals surface area (Å²) in [6.45, 7) is 2.22. The first kappa shape index (κ1) is 22.5. The van der Waals surface area contributed by atoms with Crippen molar-refractivity contribution in [3.63, 3.8) is 0 Å². The summed E-state index contributed by atoms with van der Waals surface area (Å²) < 4.78 is 7.45. The van der Waals surface area contributed by atoms with Gasteiger partial charge in [-0.1, -0.05) is 24.3 Å².